The Morgan fingerprint density at radius 1 is 1.14 bits per heavy atom. The highest BCUT2D eigenvalue weighted by Crippen LogP contribution is 2.24. The number of hydrogen-bond acceptors (Lipinski definition) is 3. The number of anilines is 2. The SMILES string of the molecule is C=CCOc1ccccc1NCC(=O)Nc1ccccc1Br. The summed E-state index contributed by atoms with van der Waals surface area (Å²) in [6.45, 7) is 4.19. The summed E-state index contributed by atoms with van der Waals surface area (Å²) in [7, 11) is 0. The highest BCUT2D eigenvalue weighted by molar-refractivity contribution is 9.10. The first-order chi connectivity index (χ1) is 10.7. The normalized spacial score (nSPS) is 9.86. The fraction of sp³-hybridized carbons (Fsp3) is 0.118. The van der Waals surface area contributed by atoms with Crippen molar-refractivity contribution in [2.45, 2.75) is 0 Å². The molecule has 0 bridgehead atoms. The van der Waals surface area contributed by atoms with Crippen molar-refractivity contribution in [2.24, 2.45) is 0 Å². The summed E-state index contributed by atoms with van der Waals surface area (Å²) < 4.78 is 6.38. The number of amides is 1. The van der Waals surface area contributed by atoms with Crippen LogP contribution in [-0.4, -0.2) is 19.1 Å². The van der Waals surface area contributed by atoms with Crippen molar-refractivity contribution in [3.63, 3.8) is 0 Å². The van der Waals surface area contributed by atoms with E-state index in [0.717, 1.165) is 15.8 Å². The van der Waals surface area contributed by atoms with Crippen LogP contribution < -0.4 is 15.4 Å². The Morgan fingerprint density at radius 3 is 2.55 bits per heavy atom. The van der Waals surface area contributed by atoms with Crippen molar-refractivity contribution < 1.29 is 9.53 Å². The Kier molecular flexibility index (Phi) is 6.03. The second-order valence-corrected chi connectivity index (χ2v) is 5.33. The third-order valence-electron chi connectivity index (χ3n) is 2.83. The van der Waals surface area contributed by atoms with Gasteiger partial charge in [-0.2, -0.15) is 0 Å². The number of carbonyl (C=O) groups excluding carboxylic acids is 1. The van der Waals surface area contributed by atoms with Crippen LogP contribution in [0.15, 0.2) is 65.7 Å². The topological polar surface area (TPSA) is 50.4 Å². The molecule has 0 unspecified atom stereocenters. The molecule has 0 fully saturated rings. The summed E-state index contributed by atoms with van der Waals surface area (Å²) in [6.07, 6.45) is 1.68. The van der Waals surface area contributed by atoms with Gasteiger partial charge in [0.25, 0.3) is 0 Å². The molecule has 0 saturated heterocycles. The Balaban J connectivity index is 1.94. The average Bonchev–Trinajstić information content (AvgIpc) is 2.54. The van der Waals surface area contributed by atoms with E-state index < -0.39 is 0 Å². The van der Waals surface area contributed by atoms with Gasteiger partial charge in [0, 0.05) is 4.47 Å². The zero-order chi connectivity index (χ0) is 15.8. The number of rotatable bonds is 7. The quantitative estimate of drug-likeness (QED) is 0.731. The van der Waals surface area contributed by atoms with Crippen molar-refractivity contribution in [3.8, 4) is 5.75 Å². The lowest BCUT2D eigenvalue weighted by Gasteiger charge is -2.12. The number of halogens is 1. The van der Waals surface area contributed by atoms with Crippen LogP contribution >= 0.6 is 15.9 Å². The number of nitrogens with one attached hydrogen (secondary N) is 2. The number of carbonyl (C=O) groups is 1. The van der Waals surface area contributed by atoms with Gasteiger partial charge in [0.05, 0.1) is 17.9 Å². The van der Waals surface area contributed by atoms with Crippen molar-refractivity contribution in [3.05, 3.63) is 65.7 Å². The van der Waals surface area contributed by atoms with Crippen LogP contribution in [0, 0.1) is 0 Å². The molecule has 1 amide bonds. The molecule has 114 valence electrons. The van der Waals surface area contributed by atoms with E-state index in [1.165, 1.54) is 0 Å². The molecule has 2 rings (SSSR count). The average molecular weight is 361 g/mol. The Morgan fingerprint density at radius 2 is 1.82 bits per heavy atom. The molecule has 22 heavy (non-hydrogen) atoms. The van der Waals surface area contributed by atoms with E-state index in [-0.39, 0.29) is 12.5 Å². The van der Waals surface area contributed by atoms with Crippen LogP contribution in [0.1, 0.15) is 0 Å². The Labute approximate surface area is 138 Å². The van der Waals surface area contributed by atoms with Crippen molar-refractivity contribution in [1.29, 1.82) is 0 Å². The van der Waals surface area contributed by atoms with Gasteiger partial charge in [0.15, 0.2) is 0 Å². The van der Waals surface area contributed by atoms with Gasteiger partial charge >= 0.3 is 0 Å². The highest BCUT2D eigenvalue weighted by atomic mass is 79.9. The predicted molar refractivity (Wildman–Crippen MR) is 93.4 cm³/mol. The van der Waals surface area contributed by atoms with Crippen LogP contribution in [0.25, 0.3) is 0 Å². The molecule has 5 heteroatoms. The maximum absolute atomic E-state index is 12.0. The second-order valence-electron chi connectivity index (χ2n) is 4.48. The van der Waals surface area contributed by atoms with E-state index >= 15 is 0 Å². The fourth-order valence-corrected chi connectivity index (χ4v) is 2.20. The minimum atomic E-state index is -0.134. The standard InChI is InChI=1S/C17H17BrN2O2/c1-2-11-22-16-10-6-5-9-15(16)19-12-17(21)20-14-8-4-3-7-13(14)18/h2-10,19H,1,11-12H2,(H,20,21). The summed E-state index contributed by atoms with van der Waals surface area (Å²) in [5.74, 6) is 0.557. The maximum atomic E-state index is 12.0. The lowest BCUT2D eigenvalue weighted by atomic mass is 10.3. The highest BCUT2D eigenvalue weighted by Gasteiger charge is 2.07. The van der Waals surface area contributed by atoms with Crippen molar-refractivity contribution >= 4 is 33.2 Å². The molecule has 0 spiro atoms. The third kappa shape index (κ3) is 4.63. The molecule has 0 radical (unpaired) electrons. The zero-order valence-electron chi connectivity index (χ0n) is 12.0. The van der Waals surface area contributed by atoms with Crippen LogP contribution in [0.5, 0.6) is 5.75 Å². The molecule has 0 heterocycles. The van der Waals surface area contributed by atoms with Crippen molar-refractivity contribution in [1.82, 2.24) is 0 Å². The van der Waals surface area contributed by atoms with Crippen LogP contribution in [0.2, 0.25) is 0 Å². The van der Waals surface area contributed by atoms with Gasteiger partial charge < -0.3 is 15.4 Å². The molecule has 0 aliphatic heterocycles. The first-order valence-electron chi connectivity index (χ1n) is 6.81. The predicted octanol–water partition coefficient (Wildman–Crippen LogP) is 4.06. The summed E-state index contributed by atoms with van der Waals surface area (Å²) in [5.41, 5.74) is 1.51. The smallest absolute Gasteiger partial charge is 0.243 e. The molecule has 2 aromatic carbocycles. The van der Waals surface area contributed by atoms with E-state index in [1.54, 1.807) is 6.08 Å². The second kappa shape index (κ2) is 8.24. The van der Waals surface area contributed by atoms with Gasteiger partial charge in [-0.25, -0.2) is 0 Å². The third-order valence-corrected chi connectivity index (χ3v) is 3.52. The van der Waals surface area contributed by atoms with E-state index in [4.69, 9.17) is 4.74 Å². The zero-order valence-corrected chi connectivity index (χ0v) is 13.6. The van der Waals surface area contributed by atoms with Crippen LogP contribution in [0.3, 0.4) is 0 Å². The molecular formula is C17H17BrN2O2. The Bertz CT molecular complexity index is 659. The van der Waals surface area contributed by atoms with E-state index in [9.17, 15) is 4.79 Å². The van der Waals surface area contributed by atoms with Gasteiger partial charge in [-0.15, -0.1) is 0 Å². The van der Waals surface area contributed by atoms with Crippen LogP contribution in [-0.2, 0) is 4.79 Å². The molecule has 0 saturated carbocycles. The summed E-state index contributed by atoms with van der Waals surface area (Å²) in [5, 5.41) is 5.91. The van der Waals surface area contributed by atoms with Gasteiger partial charge in [-0.3, -0.25) is 4.79 Å². The largest absolute Gasteiger partial charge is 0.487 e. The van der Waals surface area contributed by atoms with Gasteiger partial charge in [-0.05, 0) is 40.2 Å². The monoisotopic (exact) mass is 360 g/mol. The van der Waals surface area contributed by atoms with E-state index in [2.05, 4.69) is 33.1 Å². The fourth-order valence-electron chi connectivity index (χ4n) is 1.82. The lowest BCUT2D eigenvalue weighted by Crippen LogP contribution is -2.22. The number of hydrogen-bond donors (Lipinski definition) is 2. The molecule has 2 N–H and O–H groups in total. The van der Waals surface area contributed by atoms with Crippen LogP contribution in [0.4, 0.5) is 11.4 Å². The minimum Gasteiger partial charge on any atom is -0.487 e. The number of benzene rings is 2. The number of para-hydroxylation sites is 3. The maximum Gasteiger partial charge on any atom is 0.243 e. The molecule has 4 nitrogen and oxygen atoms in total. The van der Waals surface area contributed by atoms with E-state index in [0.29, 0.717) is 12.4 Å². The molecule has 0 aliphatic rings. The first-order valence-corrected chi connectivity index (χ1v) is 7.61. The molecular weight excluding hydrogens is 344 g/mol. The summed E-state index contributed by atoms with van der Waals surface area (Å²) >= 11 is 3.40. The molecule has 0 atom stereocenters. The summed E-state index contributed by atoms with van der Waals surface area (Å²) in [4.78, 5) is 12.0. The molecule has 0 aromatic heterocycles. The molecule has 0 aliphatic carbocycles. The number of ether oxygens (including phenoxy) is 1. The Hall–Kier alpha value is -2.27. The first kappa shape index (κ1) is 16.1. The van der Waals surface area contributed by atoms with Gasteiger partial charge in [-0.1, -0.05) is 36.9 Å². The van der Waals surface area contributed by atoms with E-state index in [1.807, 2.05) is 48.5 Å². The lowest BCUT2D eigenvalue weighted by molar-refractivity contribution is -0.114. The van der Waals surface area contributed by atoms with Gasteiger partial charge in [0.2, 0.25) is 5.91 Å². The van der Waals surface area contributed by atoms with Crippen molar-refractivity contribution in [2.75, 3.05) is 23.8 Å². The molecule has 2 aromatic rings. The minimum absolute atomic E-state index is 0.134. The summed E-state index contributed by atoms with van der Waals surface area (Å²) in [6, 6.07) is 14.9. The van der Waals surface area contributed by atoms with Gasteiger partial charge in [0.1, 0.15) is 12.4 Å².